The Balaban J connectivity index is 2.44. The minimum Gasteiger partial charge on any atom is -0.289 e. The summed E-state index contributed by atoms with van der Waals surface area (Å²) in [5, 5.41) is 0.618. The summed E-state index contributed by atoms with van der Waals surface area (Å²) < 4.78 is 0. The molecule has 0 radical (unpaired) electrons. The molecular formula is C15H14ClNO. The van der Waals surface area contributed by atoms with Crippen molar-refractivity contribution in [2.45, 2.75) is 20.3 Å². The topological polar surface area (TPSA) is 30.0 Å². The molecule has 0 amide bonds. The van der Waals surface area contributed by atoms with E-state index in [0.717, 1.165) is 17.5 Å². The van der Waals surface area contributed by atoms with Gasteiger partial charge in [-0.25, -0.2) is 0 Å². The zero-order chi connectivity index (χ0) is 13.1. The molecule has 0 N–H and O–H groups in total. The Hall–Kier alpha value is -1.67. The van der Waals surface area contributed by atoms with Gasteiger partial charge in [0.1, 0.15) is 0 Å². The molecule has 0 fully saturated rings. The SMILES string of the molecule is CCc1cnccc1C(=O)c1ccc(C)c(Cl)c1. The molecule has 0 bridgehead atoms. The van der Waals surface area contributed by atoms with E-state index in [9.17, 15) is 4.79 Å². The highest BCUT2D eigenvalue weighted by Crippen LogP contribution is 2.20. The Kier molecular flexibility index (Phi) is 3.78. The van der Waals surface area contributed by atoms with E-state index in [-0.39, 0.29) is 5.78 Å². The van der Waals surface area contributed by atoms with E-state index in [1.54, 1.807) is 24.5 Å². The molecule has 0 atom stereocenters. The molecule has 1 aromatic heterocycles. The van der Waals surface area contributed by atoms with Gasteiger partial charge in [-0.15, -0.1) is 0 Å². The van der Waals surface area contributed by atoms with Gasteiger partial charge in [0.15, 0.2) is 5.78 Å². The van der Waals surface area contributed by atoms with Crippen molar-refractivity contribution in [1.82, 2.24) is 4.98 Å². The number of benzene rings is 1. The van der Waals surface area contributed by atoms with Crippen LogP contribution < -0.4 is 0 Å². The molecule has 0 aliphatic carbocycles. The average Bonchev–Trinajstić information content (AvgIpc) is 2.41. The van der Waals surface area contributed by atoms with Crippen LogP contribution in [-0.4, -0.2) is 10.8 Å². The number of carbonyl (C=O) groups is 1. The van der Waals surface area contributed by atoms with Gasteiger partial charge < -0.3 is 0 Å². The molecule has 1 heterocycles. The molecule has 92 valence electrons. The molecule has 0 aliphatic rings. The molecule has 3 heteroatoms. The molecule has 0 saturated carbocycles. The molecule has 2 aromatic rings. The summed E-state index contributed by atoms with van der Waals surface area (Å²) in [5.41, 5.74) is 3.25. The Morgan fingerprint density at radius 2 is 2.11 bits per heavy atom. The predicted octanol–water partition coefficient (Wildman–Crippen LogP) is 3.84. The lowest BCUT2D eigenvalue weighted by molar-refractivity contribution is 0.103. The van der Waals surface area contributed by atoms with Crippen LogP contribution in [0, 0.1) is 6.92 Å². The first-order valence-corrected chi connectivity index (χ1v) is 6.25. The number of carbonyl (C=O) groups excluding carboxylic acids is 1. The number of nitrogens with zero attached hydrogens (tertiary/aromatic N) is 1. The summed E-state index contributed by atoms with van der Waals surface area (Å²) in [6.07, 6.45) is 4.17. The largest absolute Gasteiger partial charge is 0.289 e. The van der Waals surface area contributed by atoms with E-state index in [4.69, 9.17) is 11.6 Å². The number of aryl methyl sites for hydroxylation is 2. The first-order chi connectivity index (χ1) is 8.63. The summed E-state index contributed by atoms with van der Waals surface area (Å²) >= 11 is 6.05. The van der Waals surface area contributed by atoms with Crippen LogP contribution in [-0.2, 0) is 6.42 Å². The zero-order valence-corrected chi connectivity index (χ0v) is 11.2. The molecular weight excluding hydrogens is 246 g/mol. The normalized spacial score (nSPS) is 10.4. The Bertz CT molecular complexity index is 593. The minimum absolute atomic E-state index is 0.00356. The second-order valence-corrected chi connectivity index (χ2v) is 4.59. The highest BCUT2D eigenvalue weighted by molar-refractivity contribution is 6.31. The first kappa shape index (κ1) is 12.8. The van der Waals surface area contributed by atoms with Crippen LogP contribution >= 0.6 is 11.6 Å². The van der Waals surface area contributed by atoms with Crippen molar-refractivity contribution in [2.24, 2.45) is 0 Å². The lowest BCUT2D eigenvalue weighted by Crippen LogP contribution is -2.05. The van der Waals surface area contributed by atoms with Gasteiger partial charge in [-0.05, 0) is 36.6 Å². The molecule has 18 heavy (non-hydrogen) atoms. The number of pyridine rings is 1. The van der Waals surface area contributed by atoms with Gasteiger partial charge in [-0.2, -0.15) is 0 Å². The van der Waals surface area contributed by atoms with Crippen molar-refractivity contribution in [1.29, 1.82) is 0 Å². The third-order valence-electron chi connectivity index (χ3n) is 2.96. The zero-order valence-electron chi connectivity index (χ0n) is 10.4. The van der Waals surface area contributed by atoms with E-state index in [0.29, 0.717) is 16.1 Å². The molecule has 0 saturated heterocycles. The predicted molar refractivity (Wildman–Crippen MR) is 73.2 cm³/mol. The average molecular weight is 260 g/mol. The van der Waals surface area contributed by atoms with Crippen molar-refractivity contribution in [3.63, 3.8) is 0 Å². The van der Waals surface area contributed by atoms with Crippen LogP contribution in [0.5, 0.6) is 0 Å². The van der Waals surface area contributed by atoms with Gasteiger partial charge in [-0.3, -0.25) is 9.78 Å². The number of hydrogen-bond donors (Lipinski definition) is 0. The standard InChI is InChI=1S/C15H14ClNO/c1-3-11-9-17-7-6-13(11)15(18)12-5-4-10(2)14(16)8-12/h4-9H,3H2,1-2H3. The van der Waals surface area contributed by atoms with Gasteiger partial charge in [0.25, 0.3) is 0 Å². The number of halogens is 1. The summed E-state index contributed by atoms with van der Waals surface area (Å²) in [7, 11) is 0. The highest BCUT2D eigenvalue weighted by Gasteiger charge is 2.13. The lowest BCUT2D eigenvalue weighted by atomic mass is 9.98. The molecule has 2 rings (SSSR count). The van der Waals surface area contributed by atoms with Crippen LogP contribution in [0.3, 0.4) is 0 Å². The van der Waals surface area contributed by atoms with Crippen LogP contribution in [0.25, 0.3) is 0 Å². The second kappa shape index (κ2) is 5.32. The van der Waals surface area contributed by atoms with Crippen molar-refractivity contribution in [3.8, 4) is 0 Å². The van der Waals surface area contributed by atoms with Crippen molar-refractivity contribution >= 4 is 17.4 Å². The summed E-state index contributed by atoms with van der Waals surface area (Å²) in [4.78, 5) is 16.4. The van der Waals surface area contributed by atoms with Crippen LogP contribution in [0.2, 0.25) is 5.02 Å². The fourth-order valence-electron chi connectivity index (χ4n) is 1.82. The van der Waals surface area contributed by atoms with E-state index >= 15 is 0 Å². The fraction of sp³-hybridized carbons (Fsp3) is 0.200. The maximum Gasteiger partial charge on any atom is 0.193 e. The third-order valence-corrected chi connectivity index (χ3v) is 3.37. The molecule has 0 unspecified atom stereocenters. The maximum absolute atomic E-state index is 12.4. The lowest BCUT2D eigenvalue weighted by Gasteiger charge is -2.07. The minimum atomic E-state index is -0.00356. The van der Waals surface area contributed by atoms with E-state index in [1.807, 2.05) is 26.0 Å². The smallest absolute Gasteiger partial charge is 0.193 e. The second-order valence-electron chi connectivity index (χ2n) is 4.18. The fourth-order valence-corrected chi connectivity index (χ4v) is 2.00. The monoisotopic (exact) mass is 259 g/mol. The first-order valence-electron chi connectivity index (χ1n) is 5.87. The maximum atomic E-state index is 12.4. The Morgan fingerprint density at radius 3 is 2.78 bits per heavy atom. The Labute approximate surface area is 112 Å². The van der Waals surface area contributed by atoms with Crippen LogP contribution in [0.4, 0.5) is 0 Å². The van der Waals surface area contributed by atoms with Gasteiger partial charge in [0.05, 0.1) is 0 Å². The van der Waals surface area contributed by atoms with E-state index in [1.165, 1.54) is 0 Å². The summed E-state index contributed by atoms with van der Waals surface area (Å²) in [5.74, 6) is -0.00356. The number of rotatable bonds is 3. The molecule has 1 aromatic carbocycles. The van der Waals surface area contributed by atoms with Crippen molar-refractivity contribution < 1.29 is 4.79 Å². The van der Waals surface area contributed by atoms with Gasteiger partial charge in [0, 0.05) is 28.5 Å². The van der Waals surface area contributed by atoms with Crippen molar-refractivity contribution in [3.05, 3.63) is 63.9 Å². The molecule has 0 spiro atoms. The van der Waals surface area contributed by atoms with E-state index < -0.39 is 0 Å². The third kappa shape index (κ3) is 2.44. The summed E-state index contributed by atoms with van der Waals surface area (Å²) in [6, 6.07) is 7.15. The van der Waals surface area contributed by atoms with Crippen molar-refractivity contribution in [2.75, 3.05) is 0 Å². The highest BCUT2D eigenvalue weighted by atomic mass is 35.5. The van der Waals surface area contributed by atoms with Crippen LogP contribution in [0.1, 0.15) is 34.0 Å². The quantitative estimate of drug-likeness (QED) is 0.784. The van der Waals surface area contributed by atoms with E-state index in [2.05, 4.69) is 4.98 Å². The number of aromatic nitrogens is 1. The van der Waals surface area contributed by atoms with Gasteiger partial charge >= 0.3 is 0 Å². The van der Waals surface area contributed by atoms with Gasteiger partial charge in [0.2, 0.25) is 0 Å². The number of hydrogen-bond acceptors (Lipinski definition) is 2. The van der Waals surface area contributed by atoms with Crippen LogP contribution in [0.15, 0.2) is 36.7 Å². The van der Waals surface area contributed by atoms with Gasteiger partial charge in [-0.1, -0.05) is 30.7 Å². The Morgan fingerprint density at radius 1 is 1.33 bits per heavy atom. The summed E-state index contributed by atoms with van der Waals surface area (Å²) in [6.45, 7) is 3.93. The number of ketones is 1. The molecule has 0 aliphatic heterocycles. The molecule has 2 nitrogen and oxygen atoms in total.